The Hall–Kier alpha value is -2.04. The predicted molar refractivity (Wildman–Crippen MR) is 164 cm³/mol. The van der Waals surface area contributed by atoms with E-state index in [2.05, 4.69) is 59.0 Å². The Morgan fingerprint density at radius 2 is 1.07 bits per heavy atom. The fourth-order valence-electron chi connectivity index (χ4n) is 6.60. The highest BCUT2D eigenvalue weighted by Crippen LogP contribution is 2.51. The Bertz CT molecular complexity index is 1290. The second kappa shape index (κ2) is 10.9. The topological polar surface area (TPSA) is 96.0 Å². The summed E-state index contributed by atoms with van der Waals surface area (Å²) in [5.41, 5.74) is 0.728. The third-order valence-corrected chi connectivity index (χ3v) is 10.5. The van der Waals surface area contributed by atoms with Crippen molar-refractivity contribution in [3.63, 3.8) is 0 Å². The van der Waals surface area contributed by atoms with Gasteiger partial charge in [0, 0.05) is 58.4 Å². The van der Waals surface area contributed by atoms with Crippen LogP contribution in [0.3, 0.4) is 0 Å². The van der Waals surface area contributed by atoms with Gasteiger partial charge in [-0.15, -0.1) is 0 Å². The number of methoxy groups -OCH3 is 2. The van der Waals surface area contributed by atoms with Crippen LogP contribution in [0.5, 0.6) is 23.0 Å². The molecule has 2 aromatic carbocycles. The average molecular weight is 790 g/mol. The van der Waals surface area contributed by atoms with E-state index in [0.29, 0.717) is 60.3 Å². The van der Waals surface area contributed by atoms with Crippen LogP contribution in [0.4, 0.5) is 0 Å². The van der Waals surface area contributed by atoms with Crippen LogP contribution in [0, 0.1) is 18.0 Å². The highest BCUT2D eigenvalue weighted by molar-refractivity contribution is 14.1. The Morgan fingerprint density at radius 3 is 1.39 bits per heavy atom. The predicted octanol–water partition coefficient (Wildman–Crippen LogP) is 5.09. The second-order valence-electron chi connectivity index (χ2n) is 11.3. The van der Waals surface area contributed by atoms with E-state index in [1.165, 1.54) is 14.2 Å². The number of likely N-dealkylation sites (tertiary alicyclic amines) is 2. The first-order chi connectivity index (χ1) is 19.6. The molecule has 10 nitrogen and oxygen atoms in total. The molecule has 0 spiro atoms. The van der Waals surface area contributed by atoms with Crippen LogP contribution in [0.1, 0.15) is 53.8 Å². The van der Waals surface area contributed by atoms with Gasteiger partial charge < -0.3 is 38.2 Å². The normalized spacial score (nSPS) is 27.8. The van der Waals surface area contributed by atoms with Gasteiger partial charge in [-0.05, 0) is 88.7 Å². The standard InChI is InChI=1S/C29H32I2N2O8/c1-5-28-11-29(6-2,14-32(12-28)24(34)16-7-20-22(9-18(16)30)40-26(36-3)38-20)15-33(13-28)25(35)17-8-21-23(10-19(17)31)41-27(37-4)39-21/h7-10,26-27H,5-6,11-15H2,1-4H3. The van der Waals surface area contributed by atoms with Crippen LogP contribution in [0.2, 0.25) is 0 Å². The van der Waals surface area contributed by atoms with Crippen molar-refractivity contribution in [1.82, 2.24) is 9.80 Å². The summed E-state index contributed by atoms with van der Waals surface area (Å²) in [4.78, 5) is 32.0. The smallest absolute Gasteiger partial charge is 0.360 e. The summed E-state index contributed by atoms with van der Waals surface area (Å²) in [6, 6.07) is 7.15. The lowest BCUT2D eigenvalue weighted by atomic mass is 9.61. The molecule has 220 valence electrons. The molecule has 12 heteroatoms. The molecule has 2 saturated heterocycles. The molecule has 2 bridgehead atoms. The molecular formula is C29H32I2N2O8. The van der Waals surface area contributed by atoms with Crippen LogP contribution in [0.15, 0.2) is 24.3 Å². The van der Waals surface area contributed by atoms with Gasteiger partial charge >= 0.3 is 13.0 Å². The van der Waals surface area contributed by atoms with Crippen LogP contribution in [-0.4, -0.2) is 75.0 Å². The molecule has 0 radical (unpaired) electrons. The van der Waals surface area contributed by atoms with Crippen LogP contribution in [0.25, 0.3) is 0 Å². The Kier molecular flexibility index (Phi) is 7.73. The number of carbonyl (C=O) groups excluding carboxylic acids is 2. The number of ether oxygens (including phenoxy) is 6. The minimum Gasteiger partial charge on any atom is -0.428 e. The molecule has 0 aromatic heterocycles. The maximum Gasteiger partial charge on any atom is 0.360 e. The lowest BCUT2D eigenvalue weighted by Crippen LogP contribution is -2.65. The summed E-state index contributed by atoms with van der Waals surface area (Å²) in [5.74, 6) is 2.06. The number of piperidine rings is 2. The van der Waals surface area contributed by atoms with E-state index in [0.717, 1.165) is 26.4 Å². The molecule has 4 heterocycles. The Labute approximate surface area is 266 Å². The summed E-state index contributed by atoms with van der Waals surface area (Å²) >= 11 is 4.35. The van der Waals surface area contributed by atoms with Gasteiger partial charge in [-0.1, -0.05) is 13.8 Å². The molecule has 2 unspecified atom stereocenters. The monoisotopic (exact) mass is 790 g/mol. The SMILES string of the molecule is CCC12CN(C(=O)c3cc4c(cc3I)OC(OC)O4)CC(CC)(CN(C(=O)c3cc4c(cc3I)OC(OC)O4)C1)C2. The van der Waals surface area contributed by atoms with E-state index < -0.39 is 13.0 Å². The average Bonchev–Trinajstić information content (AvgIpc) is 3.57. The number of carbonyl (C=O) groups is 2. The molecule has 0 aliphatic carbocycles. The minimum absolute atomic E-state index is 0.0326. The zero-order valence-electron chi connectivity index (χ0n) is 23.3. The molecule has 4 aliphatic rings. The first-order valence-corrected chi connectivity index (χ1v) is 15.8. The van der Waals surface area contributed by atoms with Crippen molar-refractivity contribution in [3.8, 4) is 23.0 Å². The third kappa shape index (κ3) is 5.12. The fraction of sp³-hybridized carbons (Fsp3) is 0.517. The van der Waals surface area contributed by atoms with Gasteiger partial charge in [-0.3, -0.25) is 9.59 Å². The van der Waals surface area contributed by atoms with Crippen molar-refractivity contribution < 1.29 is 38.0 Å². The number of nitrogens with zero attached hydrogens (tertiary/aromatic N) is 2. The van der Waals surface area contributed by atoms with Crippen molar-refractivity contribution in [3.05, 3.63) is 42.5 Å². The minimum atomic E-state index is -0.815. The summed E-state index contributed by atoms with van der Waals surface area (Å²) in [5, 5.41) is 0. The van der Waals surface area contributed by atoms with Gasteiger partial charge in [0.1, 0.15) is 0 Å². The van der Waals surface area contributed by atoms with Crippen LogP contribution < -0.4 is 18.9 Å². The highest BCUT2D eigenvalue weighted by Gasteiger charge is 2.53. The van der Waals surface area contributed by atoms with Crippen molar-refractivity contribution >= 4 is 57.0 Å². The summed E-state index contributed by atoms with van der Waals surface area (Å²) in [6.07, 6.45) is 2.68. The van der Waals surface area contributed by atoms with E-state index in [9.17, 15) is 9.59 Å². The highest BCUT2D eigenvalue weighted by atomic mass is 127. The van der Waals surface area contributed by atoms with Gasteiger partial charge in [0.05, 0.1) is 11.1 Å². The van der Waals surface area contributed by atoms with Gasteiger partial charge in [0.15, 0.2) is 23.0 Å². The third-order valence-electron chi connectivity index (χ3n) is 8.73. The van der Waals surface area contributed by atoms with E-state index in [-0.39, 0.29) is 22.6 Å². The quantitative estimate of drug-likeness (QED) is 0.374. The maximum atomic E-state index is 14.0. The van der Waals surface area contributed by atoms with E-state index in [1.54, 1.807) is 12.1 Å². The van der Waals surface area contributed by atoms with Crippen molar-refractivity contribution in [2.45, 2.75) is 46.1 Å². The molecule has 41 heavy (non-hydrogen) atoms. The molecule has 2 amide bonds. The van der Waals surface area contributed by atoms with Crippen molar-refractivity contribution in [1.29, 1.82) is 0 Å². The molecular weight excluding hydrogens is 758 g/mol. The van der Waals surface area contributed by atoms with Crippen LogP contribution >= 0.6 is 45.2 Å². The summed E-state index contributed by atoms with van der Waals surface area (Å²) in [7, 11) is 3.01. The second-order valence-corrected chi connectivity index (χ2v) is 13.6. The number of fused-ring (bicyclic) bond motifs is 4. The first kappa shape index (κ1) is 29.1. The van der Waals surface area contributed by atoms with Crippen molar-refractivity contribution in [2.24, 2.45) is 10.8 Å². The summed E-state index contributed by atoms with van der Waals surface area (Å²) in [6.45, 7) is 4.99. The van der Waals surface area contributed by atoms with Crippen LogP contribution in [-0.2, 0) is 9.47 Å². The Balaban J connectivity index is 1.27. The lowest BCUT2D eigenvalue weighted by Gasteiger charge is -2.59. The number of hydrogen-bond acceptors (Lipinski definition) is 8. The fourth-order valence-corrected chi connectivity index (χ4v) is 7.94. The number of halogens is 2. The maximum absolute atomic E-state index is 14.0. The first-order valence-electron chi connectivity index (χ1n) is 13.6. The molecule has 2 atom stereocenters. The van der Waals surface area contributed by atoms with Gasteiger partial charge in [0.2, 0.25) is 0 Å². The lowest BCUT2D eigenvalue weighted by molar-refractivity contribution is -0.158. The number of amides is 2. The van der Waals surface area contributed by atoms with Crippen molar-refractivity contribution in [2.75, 3.05) is 40.4 Å². The van der Waals surface area contributed by atoms with Gasteiger partial charge in [-0.25, -0.2) is 0 Å². The molecule has 4 aliphatic heterocycles. The molecule has 2 aromatic rings. The summed E-state index contributed by atoms with van der Waals surface area (Å²) < 4.78 is 34.5. The molecule has 0 saturated carbocycles. The van der Waals surface area contributed by atoms with Gasteiger partial charge in [-0.2, -0.15) is 0 Å². The van der Waals surface area contributed by atoms with E-state index in [1.807, 2.05) is 21.9 Å². The number of benzene rings is 2. The van der Waals surface area contributed by atoms with E-state index >= 15 is 0 Å². The van der Waals surface area contributed by atoms with E-state index in [4.69, 9.17) is 28.4 Å². The number of rotatable bonds is 6. The number of hydrogen-bond donors (Lipinski definition) is 0. The zero-order valence-corrected chi connectivity index (χ0v) is 27.6. The molecule has 6 rings (SSSR count). The largest absolute Gasteiger partial charge is 0.428 e. The zero-order chi connectivity index (χ0) is 29.1. The Morgan fingerprint density at radius 1 is 0.732 bits per heavy atom. The molecule has 0 N–H and O–H groups in total. The van der Waals surface area contributed by atoms with Gasteiger partial charge in [0.25, 0.3) is 11.8 Å². The molecule has 2 fully saturated rings.